The van der Waals surface area contributed by atoms with Crippen LogP contribution in [0.4, 0.5) is 0 Å². The zero-order valence-electron chi connectivity index (χ0n) is 10.4. The first-order valence-corrected chi connectivity index (χ1v) is 5.94. The molecule has 1 heterocycles. The summed E-state index contributed by atoms with van der Waals surface area (Å²) < 4.78 is 1.80. The quantitative estimate of drug-likeness (QED) is 0.809. The molecule has 1 rings (SSSR count). The van der Waals surface area contributed by atoms with E-state index in [9.17, 15) is 0 Å². The predicted molar refractivity (Wildman–Crippen MR) is 70.2 cm³/mol. The zero-order valence-corrected chi connectivity index (χ0v) is 11.2. The zero-order chi connectivity index (χ0) is 12.1. The molecule has 0 saturated carbocycles. The van der Waals surface area contributed by atoms with E-state index < -0.39 is 0 Å². The molecule has 0 saturated heterocycles. The molecule has 1 unspecified atom stereocenters. The maximum atomic E-state index is 5.31. The van der Waals surface area contributed by atoms with Gasteiger partial charge >= 0.3 is 0 Å². The van der Waals surface area contributed by atoms with Gasteiger partial charge in [-0.2, -0.15) is 5.10 Å². The van der Waals surface area contributed by atoms with E-state index in [1.165, 1.54) is 0 Å². The minimum Gasteiger partial charge on any atom is -0.360 e. The molecule has 0 bridgehead atoms. The molecule has 0 aliphatic rings. The van der Waals surface area contributed by atoms with Gasteiger partial charge in [0.05, 0.1) is 12.2 Å². The summed E-state index contributed by atoms with van der Waals surface area (Å²) in [4.78, 5) is 2.00. The minimum atomic E-state index is 0.415. The second-order valence-corrected chi connectivity index (χ2v) is 4.48. The van der Waals surface area contributed by atoms with Crippen molar-refractivity contribution in [3.63, 3.8) is 0 Å². The Bertz CT molecular complexity index is 348. The van der Waals surface area contributed by atoms with Gasteiger partial charge in [0.25, 0.3) is 0 Å². The van der Waals surface area contributed by atoms with Gasteiger partial charge in [-0.15, -0.1) is 0 Å². The molecule has 90 valence electrons. The third kappa shape index (κ3) is 3.81. The minimum absolute atomic E-state index is 0.415. The van der Waals surface area contributed by atoms with Crippen LogP contribution >= 0.6 is 12.2 Å². The highest BCUT2D eigenvalue weighted by atomic mass is 32.1. The molecule has 1 N–H and O–H groups in total. The number of hydrogen-bond acceptors (Lipinski definition) is 2. The maximum absolute atomic E-state index is 5.31. The highest BCUT2D eigenvalue weighted by molar-refractivity contribution is 7.80. The van der Waals surface area contributed by atoms with E-state index >= 15 is 0 Å². The number of aromatic nitrogens is 2. The summed E-state index contributed by atoms with van der Waals surface area (Å²) in [5, 5.41) is 8.38. The first-order chi connectivity index (χ1) is 7.52. The summed E-state index contributed by atoms with van der Waals surface area (Å²) in [7, 11) is 3.89. The fourth-order valence-corrected chi connectivity index (χ4v) is 1.55. The van der Waals surface area contributed by atoms with Crippen LogP contribution in [0.1, 0.15) is 26.0 Å². The molecule has 0 radical (unpaired) electrons. The molecule has 0 amide bonds. The first-order valence-electron chi connectivity index (χ1n) is 5.53. The van der Waals surface area contributed by atoms with Gasteiger partial charge in [-0.25, -0.2) is 0 Å². The lowest BCUT2D eigenvalue weighted by atomic mass is 10.3. The average Bonchev–Trinajstić information content (AvgIpc) is 2.63. The van der Waals surface area contributed by atoms with Gasteiger partial charge in [-0.1, -0.05) is 6.92 Å². The Labute approximate surface area is 103 Å². The van der Waals surface area contributed by atoms with Gasteiger partial charge in [-0.05, 0) is 31.6 Å². The van der Waals surface area contributed by atoms with E-state index in [0.29, 0.717) is 6.04 Å². The topological polar surface area (TPSA) is 33.1 Å². The predicted octanol–water partition coefficient (Wildman–Crippen LogP) is 1.52. The number of thiocarbonyl (C=S) groups is 1. The number of aryl methyl sites for hydroxylation is 1. The highest BCUT2D eigenvalue weighted by Crippen LogP contribution is 2.00. The third-order valence-electron chi connectivity index (χ3n) is 2.50. The molecular weight excluding hydrogens is 220 g/mol. The molecule has 1 aromatic heterocycles. The van der Waals surface area contributed by atoms with Crippen LogP contribution in [0, 0.1) is 0 Å². The van der Waals surface area contributed by atoms with Crippen molar-refractivity contribution in [2.24, 2.45) is 7.05 Å². The molecule has 16 heavy (non-hydrogen) atoms. The normalized spacial score (nSPS) is 12.2. The number of nitrogens with zero attached hydrogens (tertiary/aromatic N) is 3. The average molecular weight is 240 g/mol. The standard InChI is InChI=1S/C11H20N4S/c1-5-9(2)12-11(16)14(3)8-10-6-7-15(4)13-10/h6-7,9H,5,8H2,1-4H3,(H,12,16). The molecule has 0 spiro atoms. The van der Waals surface area contributed by atoms with Crippen molar-refractivity contribution in [1.82, 2.24) is 20.0 Å². The Kier molecular flexibility index (Phi) is 4.73. The Morgan fingerprint density at radius 1 is 1.69 bits per heavy atom. The third-order valence-corrected chi connectivity index (χ3v) is 2.93. The van der Waals surface area contributed by atoms with Crippen LogP contribution < -0.4 is 5.32 Å². The van der Waals surface area contributed by atoms with Crippen LogP contribution in [0.25, 0.3) is 0 Å². The van der Waals surface area contributed by atoms with Crippen molar-refractivity contribution in [2.45, 2.75) is 32.9 Å². The molecule has 0 fully saturated rings. The lowest BCUT2D eigenvalue weighted by molar-refractivity contribution is 0.464. The van der Waals surface area contributed by atoms with Crippen LogP contribution in [0.15, 0.2) is 12.3 Å². The molecule has 0 aromatic carbocycles. The number of rotatable bonds is 4. The Morgan fingerprint density at radius 3 is 2.88 bits per heavy atom. The maximum Gasteiger partial charge on any atom is 0.169 e. The van der Waals surface area contributed by atoms with Crippen LogP contribution in [0.3, 0.4) is 0 Å². The van der Waals surface area contributed by atoms with Crippen molar-refractivity contribution in [3.8, 4) is 0 Å². The molecule has 4 nitrogen and oxygen atoms in total. The lowest BCUT2D eigenvalue weighted by Crippen LogP contribution is -2.41. The van der Waals surface area contributed by atoms with Crippen LogP contribution in [-0.4, -0.2) is 32.9 Å². The van der Waals surface area contributed by atoms with E-state index in [1.807, 2.05) is 31.3 Å². The van der Waals surface area contributed by atoms with E-state index in [1.54, 1.807) is 4.68 Å². The summed E-state index contributed by atoms with van der Waals surface area (Å²) >= 11 is 5.31. The molecule has 5 heteroatoms. The summed E-state index contributed by atoms with van der Waals surface area (Å²) in [6.07, 6.45) is 3.01. The van der Waals surface area contributed by atoms with Crippen molar-refractivity contribution < 1.29 is 0 Å². The van der Waals surface area contributed by atoms with Gasteiger partial charge in [0, 0.05) is 26.3 Å². The van der Waals surface area contributed by atoms with Gasteiger partial charge in [-0.3, -0.25) is 4.68 Å². The summed E-state index contributed by atoms with van der Waals surface area (Å²) in [5.41, 5.74) is 1.03. The lowest BCUT2D eigenvalue weighted by Gasteiger charge is -2.22. The smallest absolute Gasteiger partial charge is 0.169 e. The second kappa shape index (κ2) is 5.84. The van der Waals surface area contributed by atoms with Crippen molar-refractivity contribution >= 4 is 17.3 Å². The molecule has 0 aliphatic heterocycles. The van der Waals surface area contributed by atoms with E-state index in [-0.39, 0.29) is 0 Å². The largest absolute Gasteiger partial charge is 0.360 e. The Morgan fingerprint density at radius 2 is 2.38 bits per heavy atom. The monoisotopic (exact) mass is 240 g/mol. The van der Waals surface area contributed by atoms with E-state index in [4.69, 9.17) is 12.2 Å². The molecular formula is C11H20N4S. The SMILES string of the molecule is CCC(C)NC(=S)N(C)Cc1ccn(C)n1. The van der Waals surface area contributed by atoms with Crippen LogP contribution in [0.5, 0.6) is 0 Å². The molecule has 1 aromatic rings. The van der Waals surface area contributed by atoms with Crippen molar-refractivity contribution in [2.75, 3.05) is 7.05 Å². The Balaban J connectivity index is 2.45. The van der Waals surface area contributed by atoms with E-state index in [0.717, 1.165) is 23.8 Å². The van der Waals surface area contributed by atoms with Crippen molar-refractivity contribution in [3.05, 3.63) is 18.0 Å². The number of hydrogen-bond donors (Lipinski definition) is 1. The summed E-state index contributed by atoms with van der Waals surface area (Å²) in [6, 6.07) is 2.42. The van der Waals surface area contributed by atoms with Gasteiger partial charge in [0.2, 0.25) is 0 Å². The van der Waals surface area contributed by atoms with Crippen LogP contribution in [0.2, 0.25) is 0 Å². The summed E-state index contributed by atoms with van der Waals surface area (Å²) in [5.74, 6) is 0. The van der Waals surface area contributed by atoms with Gasteiger partial charge in [0.1, 0.15) is 0 Å². The Hall–Kier alpha value is -1.10. The van der Waals surface area contributed by atoms with E-state index in [2.05, 4.69) is 24.3 Å². The fourth-order valence-electron chi connectivity index (χ4n) is 1.29. The number of nitrogens with one attached hydrogen (secondary N) is 1. The molecule has 1 atom stereocenters. The van der Waals surface area contributed by atoms with Crippen LogP contribution in [-0.2, 0) is 13.6 Å². The second-order valence-electron chi connectivity index (χ2n) is 4.10. The first kappa shape index (κ1) is 13.0. The van der Waals surface area contributed by atoms with Gasteiger partial charge in [0.15, 0.2) is 5.11 Å². The summed E-state index contributed by atoms with van der Waals surface area (Å²) in [6.45, 7) is 5.00. The fraction of sp³-hybridized carbons (Fsp3) is 0.636. The molecule has 0 aliphatic carbocycles. The highest BCUT2D eigenvalue weighted by Gasteiger charge is 2.08. The van der Waals surface area contributed by atoms with Gasteiger partial charge < -0.3 is 10.2 Å². The van der Waals surface area contributed by atoms with Crippen molar-refractivity contribution in [1.29, 1.82) is 0 Å².